The van der Waals surface area contributed by atoms with E-state index in [9.17, 15) is 29.4 Å². The van der Waals surface area contributed by atoms with Crippen LogP contribution in [0.2, 0.25) is 0 Å². The van der Waals surface area contributed by atoms with Gasteiger partial charge >= 0.3 is 11.9 Å². The lowest BCUT2D eigenvalue weighted by molar-refractivity contribution is -0.384. The normalized spacial score (nSPS) is 8.30. The Bertz CT molecular complexity index is 252. The molecule has 20 heavy (non-hydrogen) atoms. The van der Waals surface area contributed by atoms with Crippen molar-refractivity contribution in [2.45, 2.75) is 25.7 Å². The van der Waals surface area contributed by atoms with Crippen LogP contribution in [-0.2, 0) is 19.2 Å². The molecule has 0 unspecified atom stereocenters. The maximum absolute atomic E-state index is 9.39. The predicted octanol–water partition coefficient (Wildman–Crippen LogP) is -5.33. The highest BCUT2D eigenvalue weighted by Gasteiger charge is 1.93. The van der Waals surface area contributed by atoms with E-state index >= 15 is 0 Å². The first-order valence-corrected chi connectivity index (χ1v) is 5.59. The predicted molar refractivity (Wildman–Crippen MR) is 59.3 cm³/mol. The first-order valence-electron chi connectivity index (χ1n) is 5.59. The van der Waals surface area contributed by atoms with Crippen molar-refractivity contribution < 1.29 is 51.1 Å². The molecule has 8 N–H and O–H groups in total. The number of rotatable bonds is 7. The van der Waals surface area contributed by atoms with Crippen LogP contribution in [0.1, 0.15) is 25.7 Å². The van der Waals surface area contributed by atoms with Gasteiger partial charge in [-0.25, -0.2) is 0 Å². The van der Waals surface area contributed by atoms with Crippen LogP contribution >= 0.6 is 0 Å². The fraction of sp³-hybridized carbons (Fsp3) is 0.600. The highest BCUT2D eigenvalue weighted by Crippen LogP contribution is 1.74. The summed E-state index contributed by atoms with van der Waals surface area (Å²) in [6.07, 6.45) is 0.646. The molecule has 10 nitrogen and oxygen atoms in total. The van der Waals surface area contributed by atoms with E-state index in [2.05, 4.69) is 11.5 Å². The first-order chi connectivity index (χ1) is 9.17. The number of aliphatic carboxylic acids is 4. The molecule has 0 spiro atoms. The van der Waals surface area contributed by atoms with Crippen molar-refractivity contribution in [3.05, 3.63) is 0 Å². The van der Waals surface area contributed by atoms with Crippen LogP contribution in [0.5, 0.6) is 0 Å². The average Bonchev–Trinajstić information content (AvgIpc) is 2.24. The van der Waals surface area contributed by atoms with Crippen LogP contribution in [0.4, 0.5) is 0 Å². The van der Waals surface area contributed by atoms with E-state index < -0.39 is 36.7 Å². The minimum absolute atomic E-state index is 0.917. The standard InChI is InChI=1S/C4H12N2.2C3H4O4/c5-3-1-2-4-6;2*4-2(5)1-3(6)7/h1-6H2;2*1H2,(H,4,5)(H,6,7). The van der Waals surface area contributed by atoms with Gasteiger partial charge in [0.25, 0.3) is 0 Å². The van der Waals surface area contributed by atoms with Crippen molar-refractivity contribution in [1.82, 2.24) is 0 Å². The van der Waals surface area contributed by atoms with Gasteiger partial charge in [-0.15, -0.1) is 0 Å². The minimum Gasteiger partial charge on any atom is -0.550 e. The Kier molecular flexibility index (Phi) is 19.3. The van der Waals surface area contributed by atoms with E-state index in [1.165, 1.54) is 12.8 Å². The molecule has 0 aromatic carbocycles. The molecule has 0 saturated heterocycles. The van der Waals surface area contributed by atoms with E-state index in [-0.39, 0.29) is 0 Å². The van der Waals surface area contributed by atoms with Crippen LogP contribution in [0.15, 0.2) is 0 Å². The summed E-state index contributed by atoms with van der Waals surface area (Å²) in [4.78, 5) is 37.4. The fourth-order valence-electron chi connectivity index (χ4n) is 0.601. The van der Waals surface area contributed by atoms with Gasteiger partial charge in [0.1, 0.15) is 0 Å². The number of carbonyl (C=O) groups excluding carboxylic acids is 2. The van der Waals surface area contributed by atoms with Crippen molar-refractivity contribution >= 4 is 23.9 Å². The van der Waals surface area contributed by atoms with Crippen LogP contribution in [0, 0.1) is 0 Å². The molecule has 0 aromatic heterocycles. The quantitative estimate of drug-likeness (QED) is 0.262. The summed E-state index contributed by atoms with van der Waals surface area (Å²) in [6, 6.07) is 0. The molecule has 0 aliphatic rings. The first kappa shape index (κ1) is 22.9. The largest absolute Gasteiger partial charge is 0.550 e. The summed E-state index contributed by atoms with van der Waals surface area (Å²) >= 11 is 0. The van der Waals surface area contributed by atoms with Gasteiger partial charge in [-0.3, -0.25) is 9.59 Å². The number of carboxylic acid groups (broad SMARTS) is 4. The van der Waals surface area contributed by atoms with E-state index in [1.54, 1.807) is 0 Å². The van der Waals surface area contributed by atoms with Crippen LogP contribution in [0.3, 0.4) is 0 Å². The molecular formula is C10H20N2O8. The van der Waals surface area contributed by atoms with Crippen molar-refractivity contribution in [3.8, 4) is 0 Å². The molecule has 0 radical (unpaired) electrons. The van der Waals surface area contributed by atoms with E-state index in [4.69, 9.17) is 10.2 Å². The summed E-state index contributed by atoms with van der Waals surface area (Å²) in [7, 11) is 0. The van der Waals surface area contributed by atoms with Crippen molar-refractivity contribution in [1.29, 1.82) is 0 Å². The summed E-state index contributed by atoms with van der Waals surface area (Å²) in [5.41, 5.74) is 7.39. The third-order valence-electron chi connectivity index (χ3n) is 1.34. The molecule has 10 heteroatoms. The van der Waals surface area contributed by atoms with Crippen molar-refractivity contribution in [2.75, 3.05) is 13.1 Å². The molecule has 0 aromatic rings. The molecule has 0 saturated carbocycles. The Morgan fingerprint density at radius 2 is 1.00 bits per heavy atom. The smallest absolute Gasteiger partial charge is 0.309 e. The lowest BCUT2D eigenvalue weighted by Crippen LogP contribution is -2.53. The lowest BCUT2D eigenvalue weighted by atomic mass is 10.3. The molecule has 0 atom stereocenters. The van der Waals surface area contributed by atoms with Crippen LogP contribution in [0.25, 0.3) is 0 Å². The maximum atomic E-state index is 9.39. The second-order valence-corrected chi connectivity index (χ2v) is 3.30. The zero-order valence-electron chi connectivity index (χ0n) is 11.0. The summed E-state index contributed by atoms with van der Waals surface area (Å²) in [6.45, 7) is 2.13. The Morgan fingerprint density at radius 3 is 1.05 bits per heavy atom. The monoisotopic (exact) mass is 296 g/mol. The fourth-order valence-corrected chi connectivity index (χ4v) is 0.601. The maximum Gasteiger partial charge on any atom is 0.309 e. The zero-order chi connectivity index (χ0) is 16.6. The van der Waals surface area contributed by atoms with Crippen molar-refractivity contribution in [2.24, 2.45) is 0 Å². The van der Waals surface area contributed by atoms with Crippen molar-refractivity contribution in [3.63, 3.8) is 0 Å². The summed E-state index contributed by atoms with van der Waals surface area (Å²) in [5.74, 6) is -5.88. The van der Waals surface area contributed by atoms with Crippen LogP contribution < -0.4 is 21.7 Å². The van der Waals surface area contributed by atoms with Gasteiger partial charge in [0, 0.05) is 12.8 Å². The van der Waals surface area contributed by atoms with E-state index in [0.29, 0.717) is 0 Å². The minimum atomic E-state index is -1.56. The number of hydrogen-bond acceptors (Lipinski definition) is 6. The number of unbranched alkanes of at least 4 members (excludes halogenated alkanes) is 1. The summed E-state index contributed by atoms with van der Waals surface area (Å²) < 4.78 is 0. The highest BCUT2D eigenvalue weighted by atomic mass is 16.4. The zero-order valence-corrected chi connectivity index (χ0v) is 11.0. The summed E-state index contributed by atoms with van der Waals surface area (Å²) in [5, 5.41) is 34.0. The lowest BCUT2D eigenvalue weighted by Gasteiger charge is -1.91. The van der Waals surface area contributed by atoms with Gasteiger partial charge in [-0.05, 0) is 0 Å². The number of carboxylic acids is 4. The Morgan fingerprint density at radius 1 is 0.750 bits per heavy atom. The highest BCUT2D eigenvalue weighted by molar-refractivity contribution is 5.88. The molecule has 0 bridgehead atoms. The van der Waals surface area contributed by atoms with Crippen LogP contribution in [-0.4, -0.2) is 47.2 Å². The van der Waals surface area contributed by atoms with E-state index in [0.717, 1.165) is 13.1 Å². The van der Waals surface area contributed by atoms with Gasteiger partial charge in [0.05, 0.1) is 37.9 Å². The SMILES string of the molecule is O=C([O-])CC(=O)O.O=C([O-])CC(=O)O.[NH3+]CCCC[NH3+]. The Hall–Kier alpha value is -2.20. The molecular weight excluding hydrogens is 276 g/mol. The molecule has 0 rings (SSSR count). The second-order valence-electron chi connectivity index (χ2n) is 3.30. The average molecular weight is 296 g/mol. The number of quaternary nitrogens is 2. The third-order valence-corrected chi connectivity index (χ3v) is 1.34. The van der Waals surface area contributed by atoms with Gasteiger partial charge < -0.3 is 41.5 Å². The molecule has 118 valence electrons. The molecule has 0 heterocycles. The Balaban J connectivity index is -0.000000218. The Labute approximate surface area is 115 Å². The second kappa shape index (κ2) is 16.8. The molecule has 0 amide bonds. The van der Waals surface area contributed by atoms with Gasteiger partial charge in [0.2, 0.25) is 0 Å². The molecule has 0 aliphatic heterocycles. The van der Waals surface area contributed by atoms with Gasteiger partial charge in [-0.2, -0.15) is 0 Å². The number of carbonyl (C=O) groups is 4. The van der Waals surface area contributed by atoms with Gasteiger partial charge in [-0.1, -0.05) is 0 Å². The topological polar surface area (TPSA) is 210 Å². The van der Waals surface area contributed by atoms with Gasteiger partial charge in [0.15, 0.2) is 0 Å². The molecule has 0 fully saturated rings. The number of hydrogen-bond donors (Lipinski definition) is 4. The van der Waals surface area contributed by atoms with E-state index in [1.807, 2.05) is 0 Å². The molecule has 0 aliphatic carbocycles. The third kappa shape index (κ3) is 44.7.